The van der Waals surface area contributed by atoms with Crippen molar-refractivity contribution in [1.29, 1.82) is 0 Å². The fourth-order valence-electron chi connectivity index (χ4n) is 2.98. The second-order valence-corrected chi connectivity index (χ2v) is 6.01. The fourth-order valence-corrected chi connectivity index (χ4v) is 3.76. The molecule has 1 saturated carbocycles. The maximum absolute atomic E-state index is 12.1. The van der Waals surface area contributed by atoms with Crippen molar-refractivity contribution in [3.63, 3.8) is 0 Å². The molecule has 0 spiro atoms. The zero-order chi connectivity index (χ0) is 12.1. The molecule has 2 aromatic rings. The molecule has 0 unspecified atom stereocenters. The lowest BCUT2D eigenvalue weighted by molar-refractivity contribution is 0.00804. The van der Waals surface area contributed by atoms with Crippen LogP contribution in [0.2, 0.25) is 0 Å². The molecule has 5 heteroatoms. The molecule has 2 fully saturated rings. The minimum absolute atomic E-state index is 0.00810. The number of carbonyl (C=O) groups excluding carboxylic acids is 1. The molecule has 94 valence electrons. The molecule has 4 rings (SSSR count). The average molecular weight is 262 g/mol. The molecule has 1 amide bonds. The van der Waals surface area contributed by atoms with Crippen LogP contribution in [-0.2, 0) is 4.74 Å². The van der Waals surface area contributed by atoms with Crippen molar-refractivity contribution >= 4 is 27.5 Å². The number of hydrogen-bond donors (Lipinski definition) is 2. The summed E-state index contributed by atoms with van der Waals surface area (Å²) < 4.78 is 6.68. The summed E-state index contributed by atoms with van der Waals surface area (Å²) in [4.78, 5) is 15.3. The molecule has 2 aliphatic rings. The summed E-state index contributed by atoms with van der Waals surface area (Å²) in [5.74, 6) is 0.541. The highest BCUT2D eigenvalue weighted by molar-refractivity contribution is 7.17. The Morgan fingerprint density at radius 2 is 2.50 bits per heavy atom. The van der Waals surface area contributed by atoms with E-state index in [2.05, 4.69) is 10.3 Å². The number of carbonyl (C=O) groups is 1. The van der Waals surface area contributed by atoms with Gasteiger partial charge in [-0.2, -0.15) is 0 Å². The van der Waals surface area contributed by atoms with Crippen molar-refractivity contribution < 1.29 is 9.53 Å². The van der Waals surface area contributed by atoms with Gasteiger partial charge in [-0.3, -0.25) is 4.79 Å². The highest BCUT2D eigenvalue weighted by Crippen LogP contribution is 2.38. The standard InChI is InChI=1S/C13H14N2O2S/c16-13(10-6-12-8(14-10)2-4-18-12)15-9-5-11-7(9)1-3-17-11/h2,4,6-7,9,11,14H,1,3,5H2,(H,15,16)/t7-,9+,11+/m0/s1. The van der Waals surface area contributed by atoms with Gasteiger partial charge in [-0.15, -0.1) is 11.3 Å². The molecule has 3 heterocycles. The second-order valence-electron chi connectivity index (χ2n) is 5.06. The summed E-state index contributed by atoms with van der Waals surface area (Å²) in [6, 6.07) is 4.23. The SMILES string of the molecule is O=C(N[C@@H]1C[C@H]2OCC[C@@H]12)c1cc2sccc2[nH]1. The molecule has 0 bridgehead atoms. The maximum Gasteiger partial charge on any atom is 0.267 e. The van der Waals surface area contributed by atoms with E-state index in [1.54, 1.807) is 11.3 Å². The lowest BCUT2D eigenvalue weighted by Gasteiger charge is -2.39. The van der Waals surface area contributed by atoms with E-state index in [0.717, 1.165) is 29.7 Å². The zero-order valence-electron chi connectivity index (χ0n) is 9.81. The van der Waals surface area contributed by atoms with Crippen molar-refractivity contribution in [2.24, 2.45) is 5.92 Å². The summed E-state index contributed by atoms with van der Waals surface area (Å²) in [5.41, 5.74) is 1.71. The van der Waals surface area contributed by atoms with E-state index < -0.39 is 0 Å². The van der Waals surface area contributed by atoms with Gasteiger partial charge < -0.3 is 15.0 Å². The average Bonchev–Trinajstić information content (AvgIpc) is 2.98. The quantitative estimate of drug-likeness (QED) is 0.871. The number of amides is 1. The molecule has 1 saturated heterocycles. The van der Waals surface area contributed by atoms with Crippen molar-refractivity contribution in [3.05, 3.63) is 23.2 Å². The first-order valence-electron chi connectivity index (χ1n) is 6.30. The lowest BCUT2D eigenvalue weighted by atomic mass is 9.76. The normalized spacial score (nSPS) is 30.1. The molecule has 18 heavy (non-hydrogen) atoms. The molecule has 2 aromatic heterocycles. The van der Waals surface area contributed by atoms with Crippen LogP contribution in [0.3, 0.4) is 0 Å². The summed E-state index contributed by atoms with van der Waals surface area (Å²) in [7, 11) is 0. The van der Waals surface area contributed by atoms with Gasteiger partial charge in [0.15, 0.2) is 0 Å². The van der Waals surface area contributed by atoms with Crippen LogP contribution in [0, 0.1) is 5.92 Å². The largest absolute Gasteiger partial charge is 0.378 e. The molecular weight excluding hydrogens is 248 g/mol. The third-order valence-electron chi connectivity index (χ3n) is 4.06. The van der Waals surface area contributed by atoms with Crippen molar-refractivity contribution in [2.75, 3.05) is 6.61 Å². The molecular formula is C13H14N2O2S. The number of rotatable bonds is 2. The van der Waals surface area contributed by atoms with Crippen molar-refractivity contribution in [3.8, 4) is 0 Å². The Bertz CT molecular complexity index is 574. The van der Waals surface area contributed by atoms with Crippen LogP contribution in [0.5, 0.6) is 0 Å². The first-order chi connectivity index (χ1) is 8.81. The van der Waals surface area contributed by atoms with Crippen LogP contribution < -0.4 is 5.32 Å². The van der Waals surface area contributed by atoms with Crippen LogP contribution in [0.15, 0.2) is 17.5 Å². The van der Waals surface area contributed by atoms with Crippen LogP contribution in [0.25, 0.3) is 10.2 Å². The van der Waals surface area contributed by atoms with Gasteiger partial charge in [-0.25, -0.2) is 0 Å². The number of hydrogen-bond acceptors (Lipinski definition) is 3. The summed E-state index contributed by atoms with van der Waals surface area (Å²) >= 11 is 1.65. The first-order valence-corrected chi connectivity index (χ1v) is 7.18. The van der Waals surface area contributed by atoms with Crippen molar-refractivity contribution in [2.45, 2.75) is 25.0 Å². The van der Waals surface area contributed by atoms with E-state index in [4.69, 9.17) is 4.74 Å². The number of thiophene rings is 1. The third kappa shape index (κ3) is 1.51. The Labute approximate surface area is 108 Å². The van der Waals surface area contributed by atoms with Crippen LogP contribution >= 0.6 is 11.3 Å². The van der Waals surface area contributed by atoms with Gasteiger partial charge in [0.1, 0.15) is 5.69 Å². The van der Waals surface area contributed by atoms with Gasteiger partial charge in [0.05, 0.1) is 16.3 Å². The number of nitrogens with one attached hydrogen (secondary N) is 2. The van der Waals surface area contributed by atoms with Gasteiger partial charge in [0.25, 0.3) is 5.91 Å². The molecule has 0 aromatic carbocycles. The molecule has 4 nitrogen and oxygen atoms in total. The van der Waals surface area contributed by atoms with E-state index in [-0.39, 0.29) is 5.91 Å². The Kier molecular flexibility index (Phi) is 2.25. The highest BCUT2D eigenvalue weighted by Gasteiger charge is 2.45. The van der Waals surface area contributed by atoms with Gasteiger partial charge in [0, 0.05) is 18.6 Å². The number of ether oxygens (including phenoxy) is 1. The van der Waals surface area contributed by atoms with Gasteiger partial charge in [0.2, 0.25) is 0 Å². The first kappa shape index (κ1) is 10.6. The summed E-state index contributed by atoms with van der Waals surface area (Å²) in [5, 5.41) is 5.13. The number of fused-ring (bicyclic) bond motifs is 2. The minimum Gasteiger partial charge on any atom is -0.378 e. The Morgan fingerprint density at radius 3 is 3.33 bits per heavy atom. The van der Waals surface area contributed by atoms with Gasteiger partial charge in [-0.05, 0) is 30.4 Å². The fraction of sp³-hybridized carbons (Fsp3) is 0.462. The van der Waals surface area contributed by atoms with Crippen LogP contribution in [0.4, 0.5) is 0 Å². The monoisotopic (exact) mass is 262 g/mol. The zero-order valence-corrected chi connectivity index (χ0v) is 10.6. The Hall–Kier alpha value is -1.33. The van der Waals surface area contributed by atoms with E-state index in [1.807, 2.05) is 17.5 Å². The van der Waals surface area contributed by atoms with E-state index in [9.17, 15) is 4.79 Å². The Morgan fingerprint density at radius 1 is 1.56 bits per heavy atom. The predicted octanol–water partition coefficient (Wildman–Crippen LogP) is 2.14. The van der Waals surface area contributed by atoms with Gasteiger partial charge >= 0.3 is 0 Å². The minimum atomic E-state index is 0.00810. The molecule has 3 atom stereocenters. The highest BCUT2D eigenvalue weighted by atomic mass is 32.1. The molecule has 1 aliphatic heterocycles. The summed E-state index contributed by atoms with van der Waals surface area (Å²) in [6.45, 7) is 0.847. The van der Waals surface area contributed by atoms with Gasteiger partial charge in [-0.1, -0.05) is 0 Å². The number of H-pyrrole nitrogens is 1. The van der Waals surface area contributed by atoms with Crippen LogP contribution in [-0.4, -0.2) is 29.6 Å². The van der Waals surface area contributed by atoms with E-state index >= 15 is 0 Å². The topological polar surface area (TPSA) is 54.1 Å². The lowest BCUT2D eigenvalue weighted by Crippen LogP contribution is -2.53. The number of aromatic amines is 1. The van der Waals surface area contributed by atoms with Crippen LogP contribution in [0.1, 0.15) is 23.3 Å². The summed E-state index contributed by atoms with van der Waals surface area (Å²) in [6.07, 6.45) is 2.43. The Balaban J connectivity index is 1.48. The van der Waals surface area contributed by atoms with Crippen molar-refractivity contribution in [1.82, 2.24) is 10.3 Å². The molecule has 1 aliphatic carbocycles. The molecule has 0 radical (unpaired) electrons. The number of aromatic nitrogens is 1. The maximum atomic E-state index is 12.1. The smallest absolute Gasteiger partial charge is 0.267 e. The second kappa shape index (κ2) is 3.83. The predicted molar refractivity (Wildman–Crippen MR) is 69.9 cm³/mol. The molecule has 2 N–H and O–H groups in total. The van der Waals surface area contributed by atoms with E-state index in [0.29, 0.717) is 23.8 Å². The third-order valence-corrected chi connectivity index (χ3v) is 4.93. The van der Waals surface area contributed by atoms with E-state index in [1.165, 1.54) is 0 Å².